The van der Waals surface area contributed by atoms with Crippen molar-refractivity contribution in [3.8, 4) is 0 Å². The van der Waals surface area contributed by atoms with Gasteiger partial charge < -0.3 is 15.4 Å². The molecule has 0 radical (unpaired) electrons. The molecule has 1 aromatic rings. The molecule has 0 spiro atoms. The molecule has 2 atom stereocenters. The minimum Gasteiger partial charge on any atom is -0.364 e. The fourth-order valence-corrected chi connectivity index (χ4v) is 2.95. The van der Waals surface area contributed by atoms with E-state index in [1.54, 1.807) is 0 Å². The van der Waals surface area contributed by atoms with Gasteiger partial charge in [-0.05, 0) is 30.4 Å². The number of amides is 1. The highest BCUT2D eigenvalue weighted by Crippen LogP contribution is 2.24. The highest BCUT2D eigenvalue weighted by Gasteiger charge is 2.33. The molecule has 1 amide bonds. The van der Waals surface area contributed by atoms with Crippen LogP contribution in [-0.4, -0.2) is 36.1 Å². The highest BCUT2D eigenvalue weighted by atomic mass is 35.5. The van der Waals surface area contributed by atoms with Crippen molar-refractivity contribution in [2.45, 2.75) is 38.0 Å². The highest BCUT2D eigenvalue weighted by molar-refractivity contribution is 5.85. The molecule has 1 fully saturated rings. The van der Waals surface area contributed by atoms with Gasteiger partial charge in [-0.15, -0.1) is 12.4 Å². The number of hydrogen-bond donors (Lipinski definition) is 1. The minimum atomic E-state index is -0.279. The van der Waals surface area contributed by atoms with E-state index in [2.05, 4.69) is 18.2 Å². The van der Waals surface area contributed by atoms with E-state index in [9.17, 15) is 4.79 Å². The van der Waals surface area contributed by atoms with Crippen LogP contribution in [0.3, 0.4) is 0 Å². The summed E-state index contributed by atoms with van der Waals surface area (Å²) >= 11 is 0. The number of nitrogens with zero attached hydrogens (tertiary/aromatic N) is 1. The van der Waals surface area contributed by atoms with E-state index >= 15 is 0 Å². The first-order chi connectivity index (χ1) is 9.28. The Balaban J connectivity index is 0.00000147. The normalized spacial score (nSPS) is 24.9. The summed E-state index contributed by atoms with van der Waals surface area (Å²) in [5.41, 5.74) is 8.21. The third-order valence-electron chi connectivity index (χ3n) is 4.09. The molecule has 4 nitrogen and oxygen atoms in total. The van der Waals surface area contributed by atoms with Crippen molar-refractivity contribution in [3.63, 3.8) is 0 Å². The summed E-state index contributed by atoms with van der Waals surface area (Å²) in [6.45, 7) is 2.01. The fraction of sp³-hybridized carbons (Fsp3) is 0.533. The topological polar surface area (TPSA) is 55.6 Å². The number of benzene rings is 1. The molecule has 0 bridgehead atoms. The molecular formula is C15H21ClN2O2. The molecule has 2 aliphatic rings. The number of hydrogen-bond acceptors (Lipinski definition) is 3. The summed E-state index contributed by atoms with van der Waals surface area (Å²) in [6, 6.07) is 8.34. The zero-order valence-corrected chi connectivity index (χ0v) is 12.3. The molecule has 1 aromatic carbocycles. The Bertz CT molecular complexity index is 481. The van der Waals surface area contributed by atoms with Gasteiger partial charge in [0.15, 0.2) is 0 Å². The standard InChI is InChI=1S/C15H20N2O2.ClH/c16-9-13-5-6-14(19-13)15(18)17-8-7-11-3-1-2-4-12(11)10-17;/h1-4,13-14H,5-10,16H2;1H/t13-,14+;/m1./s1. The van der Waals surface area contributed by atoms with Crippen LogP contribution < -0.4 is 5.73 Å². The Morgan fingerprint density at radius 1 is 1.30 bits per heavy atom. The van der Waals surface area contributed by atoms with E-state index < -0.39 is 0 Å². The number of rotatable bonds is 2. The van der Waals surface area contributed by atoms with Crippen LogP contribution in [0.15, 0.2) is 24.3 Å². The summed E-state index contributed by atoms with van der Waals surface area (Å²) in [4.78, 5) is 14.4. The molecule has 5 heteroatoms. The summed E-state index contributed by atoms with van der Waals surface area (Å²) in [6.07, 6.45) is 2.43. The molecule has 0 aliphatic carbocycles. The molecule has 3 rings (SSSR count). The second-order valence-corrected chi connectivity index (χ2v) is 5.34. The molecule has 0 saturated carbocycles. The molecule has 0 unspecified atom stereocenters. The van der Waals surface area contributed by atoms with Crippen molar-refractivity contribution >= 4 is 18.3 Å². The van der Waals surface area contributed by atoms with Crippen LogP contribution in [0.4, 0.5) is 0 Å². The molecule has 110 valence electrons. The Kier molecular flexibility index (Phi) is 5.02. The lowest BCUT2D eigenvalue weighted by Crippen LogP contribution is -2.42. The Morgan fingerprint density at radius 3 is 2.75 bits per heavy atom. The van der Waals surface area contributed by atoms with Crippen LogP contribution in [-0.2, 0) is 22.5 Å². The summed E-state index contributed by atoms with van der Waals surface area (Å²) in [7, 11) is 0. The van der Waals surface area contributed by atoms with Crippen molar-refractivity contribution in [3.05, 3.63) is 35.4 Å². The van der Waals surface area contributed by atoms with Crippen molar-refractivity contribution in [2.75, 3.05) is 13.1 Å². The van der Waals surface area contributed by atoms with Crippen LogP contribution in [0.2, 0.25) is 0 Å². The number of nitrogens with two attached hydrogens (primary N) is 1. The largest absolute Gasteiger partial charge is 0.364 e. The molecule has 0 aromatic heterocycles. The van der Waals surface area contributed by atoms with Crippen LogP contribution in [0.5, 0.6) is 0 Å². The van der Waals surface area contributed by atoms with Gasteiger partial charge in [0, 0.05) is 19.6 Å². The molecule has 1 saturated heterocycles. The Hall–Kier alpha value is -1.10. The first kappa shape index (κ1) is 15.3. The van der Waals surface area contributed by atoms with Crippen LogP contribution in [0, 0.1) is 0 Å². The van der Waals surface area contributed by atoms with Gasteiger partial charge >= 0.3 is 0 Å². The molecule has 20 heavy (non-hydrogen) atoms. The predicted molar refractivity (Wildman–Crippen MR) is 79.8 cm³/mol. The molecular weight excluding hydrogens is 276 g/mol. The fourth-order valence-electron chi connectivity index (χ4n) is 2.95. The van der Waals surface area contributed by atoms with E-state index in [-0.39, 0.29) is 30.5 Å². The molecule has 2 heterocycles. The van der Waals surface area contributed by atoms with Gasteiger partial charge in [-0.25, -0.2) is 0 Å². The lowest BCUT2D eigenvalue weighted by molar-refractivity contribution is -0.143. The van der Waals surface area contributed by atoms with Crippen LogP contribution in [0.25, 0.3) is 0 Å². The smallest absolute Gasteiger partial charge is 0.252 e. The van der Waals surface area contributed by atoms with Crippen molar-refractivity contribution < 1.29 is 9.53 Å². The van der Waals surface area contributed by atoms with Gasteiger partial charge in [0.1, 0.15) is 6.10 Å². The van der Waals surface area contributed by atoms with E-state index in [4.69, 9.17) is 10.5 Å². The third-order valence-corrected chi connectivity index (χ3v) is 4.09. The SMILES string of the molecule is Cl.NC[C@H]1CC[C@@H](C(=O)N2CCc3ccccc3C2)O1. The van der Waals surface area contributed by atoms with E-state index in [1.807, 2.05) is 11.0 Å². The first-order valence-corrected chi connectivity index (χ1v) is 6.99. The van der Waals surface area contributed by atoms with Gasteiger partial charge in [-0.3, -0.25) is 4.79 Å². The summed E-state index contributed by atoms with van der Waals surface area (Å²) in [5, 5.41) is 0. The lowest BCUT2D eigenvalue weighted by Gasteiger charge is -2.30. The second kappa shape index (κ2) is 6.57. The van der Waals surface area contributed by atoms with Crippen molar-refractivity contribution in [1.82, 2.24) is 4.90 Å². The summed E-state index contributed by atoms with van der Waals surface area (Å²) < 4.78 is 5.70. The number of carbonyl (C=O) groups is 1. The van der Waals surface area contributed by atoms with Gasteiger partial charge in [0.2, 0.25) is 0 Å². The van der Waals surface area contributed by atoms with Crippen molar-refractivity contribution in [1.29, 1.82) is 0 Å². The lowest BCUT2D eigenvalue weighted by atomic mass is 9.99. The summed E-state index contributed by atoms with van der Waals surface area (Å²) in [5.74, 6) is 0.130. The molecule has 2 aliphatic heterocycles. The maximum atomic E-state index is 12.4. The molecule has 2 N–H and O–H groups in total. The van der Waals surface area contributed by atoms with E-state index in [1.165, 1.54) is 11.1 Å². The quantitative estimate of drug-likeness (QED) is 0.900. The minimum absolute atomic E-state index is 0. The van der Waals surface area contributed by atoms with E-state index in [0.717, 1.165) is 25.8 Å². The number of carbonyl (C=O) groups excluding carboxylic acids is 1. The Morgan fingerprint density at radius 2 is 2.05 bits per heavy atom. The third kappa shape index (κ3) is 2.97. The zero-order chi connectivity index (χ0) is 13.2. The van der Waals surface area contributed by atoms with Crippen LogP contribution >= 0.6 is 12.4 Å². The number of fused-ring (bicyclic) bond motifs is 1. The van der Waals surface area contributed by atoms with Gasteiger partial charge in [-0.1, -0.05) is 24.3 Å². The Labute approximate surface area is 125 Å². The van der Waals surface area contributed by atoms with Gasteiger partial charge in [0.25, 0.3) is 5.91 Å². The van der Waals surface area contributed by atoms with Gasteiger partial charge in [-0.2, -0.15) is 0 Å². The average molecular weight is 297 g/mol. The number of ether oxygens (including phenoxy) is 1. The first-order valence-electron chi connectivity index (χ1n) is 6.99. The van der Waals surface area contributed by atoms with Gasteiger partial charge in [0.05, 0.1) is 6.10 Å². The average Bonchev–Trinajstić information content (AvgIpc) is 2.95. The maximum Gasteiger partial charge on any atom is 0.252 e. The van der Waals surface area contributed by atoms with E-state index in [0.29, 0.717) is 13.1 Å². The zero-order valence-electron chi connectivity index (χ0n) is 11.5. The maximum absolute atomic E-state index is 12.4. The number of halogens is 1. The van der Waals surface area contributed by atoms with Crippen LogP contribution in [0.1, 0.15) is 24.0 Å². The van der Waals surface area contributed by atoms with Crippen molar-refractivity contribution in [2.24, 2.45) is 5.73 Å². The predicted octanol–water partition coefficient (Wildman–Crippen LogP) is 1.50. The monoisotopic (exact) mass is 296 g/mol. The second-order valence-electron chi connectivity index (χ2n) is 5.34.